The zero-order valence-electron chi connectivity index (χ0n) is 18.8. The van der Waals surface area contributed by atoms with Crippen molar-refractivity contribution >= 4 is 33.4 Å². The molecule has 1 aliphatic rings. The largest absolute Gasteiger partial charge is 0.449 e. The number of nitrogens with two attached hydrogens (primary N) is 1. The van der Waals surface area contributed by atoms with Gasteiger partial charge in [-0.3, -0.25) is 4.79 Å². The number of ether oxygens (including phenoxy) is 1. The van der Waals surface area contributed by atoms with Gasteiger partial charge >= 0.3 is 6.09 Å². The van der Waals surface area contributed by atoms with Crippen LogP contribution >= 0.6 is 0 Å². The molecule has 33 heavy (non-hydrogen) atoms. The van der Waals surface area contributed by atoms with Gasteiger partial charge in [0.05, 0.1) is 17.1 Å². The number of carbonyl (C=O) groups is 2. The van der Waals surface area contributed by atoms with Gasteiger partial charge in [0.25, 0.3) is 5.91 Å². The van der Waals surface area contributed by atoms with Gasteiger partial charge < -0.3 is 20.3 Å². The maximum Gasteiger partial charge on any atom is 0.407 e. The van der Waals surface area contributed by atoms with E-state index in [9.17, 15) is 18.0 Å². The van der Waals surface area contributed by atoms with Crippen LogP contribution in [0.4, 0.5) is 16.2 Å². The minimum atomic E-state index is -3.87. The summed E-state index contributed by atoms with van der Waals surface area (Å²) in [5, 5.41) is 10.8. The summed E-state index contributed by atoms with van der Waals surface area (Å²) in [7, 11) is -3.87. The summed E-state index contributed by atoms with van der Waals surface area (Å²) < 4.78 is 28.4. The SMILES string of the molecule is CC(C)COC(=O)NC1CCN(c2ccccc2C(=O)Nc2cccc(S(N)(=O)=O)c2)CC1. The molecule has 0 aromatic heterocycles. The second-order valence-corrected chi connectivity index (χ2v) is 10.0. The first-order valence-corrected chi connectivity index (χ1v) is 12.4. The molecule has 0 unspecified atom stereocenters. The molecular formula is C23H30N4O5S. The van der Waals surface area contributed by atoms with Crippen molar-refractivity contribution in [2.75, 3.05) is 29.9 Å². The van der Waals surface area contributed by atoms with Crippen LogP contribution in [0.2, 0.25) is 0 Å². The first-order chi connectivity index (χ1) is 15.6. The molecule has 0 atom stereocenters. The topological polar surface area (TPSA) is 131 Å². The van der Waals surface area contributed by atoms with Gasteiger partial charge in [0.2, 0.25) is 10.0 Å². The van der Waals surface area contributed by atoms with E-state index in [2.05, 4.69) is 15.5 Å². The van der Waals surface area contributed by atoms with Crippen molar-refractivity contribution in [2.45, 2.75) is 37.6 Å². The molecule has 4 N–H and O–H groups in total. The Kier molecular flexibility index (Phi) is 7.93. The number of para-hydroxylation sites is 1. The average molecular weight is 475 g/mol. The van der Waals surface area contributed by atoms with Crippen molar-refractivity contribution in [3.63, 3.8) is 0 Å². The van der Waals surface area contributed by atoms with E-state index >= 15 is 0 Å². The molecule has 10 heteroatoms. The molecule has 1 saturated heterocycles. The Balaban J connectivity index is 1.64. The van der Waals surface area contributed by atoms with Gasteiger partial charge in [0, 0.05) is 30.5 Å². The molecule has 2 aromatic rings. The minimum Gasteiger partial charge on any atom is -0.449 e. The molecule has 0 spiro atoms. The van der Waals surface area contributed by atoms with Crippen molar-refractivity contribution < 1.29 is 22.7 Å². The van der Waals surface area contributed by atoms with Crippen molar-refractivity contribution in [2.24, 2.45) is 11.1 Å². The molecule has 1 heterocycles. The smallest absolute Gasteiger partial charge is 0.407 e. The summed E-state index contributed by atoms with van der Waals surface area (Å²) in [6.07, 6.45) is 1.05. The van der Waals surface area contributed by atoms with Crippen molar-refractivity contribution in [1.82, 2.24) is 5.32 Å². The number of nitrogens with one attached hydrogen (secondary N) is 2. The van der Waals surface area contributed by atoms with Crippen LogP contribution < -0.4 is 20.7 Å². The number of anilines is 2. The maximum absolute atomic E-state index is 13.0. The number of piperidine rings is 1. The minimum absolute atomic E-state index is 0.0165. The zero-order valence-corrected chi connectivity index (χ0v) is 19.6. The predicted octanol–water partition coefficient (Wildman–Crippen LogP) is 2.94. The highest BCUT2D eigenvalue weighted by atomic mass is 32.2. The van der Waals surface area contributed by atoms with Crippen LogP contribution in [0.5, 0.6) is 0 Å². The van der Waals surface area contributed by atoms with E-state index in [4.69, 9.17) is 9.88 Å². The fraction of sp³-hybridized carbons (Fsp3) is 0.391. The highest BCUT2D eigenvalue weighted by Gasteiger charge is 2.24. The van der Waals surface area contributed by atoms with Crippen LogP contribution in [0.3, 0.4) is 0 Å². The van der Waals surface area contributed by atoms with Crippen molar-refractivity contribution in [3.8, 4) is 0 Å². The number of sulfonamides is 1. The number of nitrogens with zero attached hydrogens (tertiary/aromatic N) is 1. The van der Waals surface area contributed by atoms with Gasteiger partial charge in [-0.2, -0.15) is 0 Å². The number of rotatable bonds is 7. The molecule has 0 bridgehead atoms. The van der Waals surface area contributed by atoms with Crippen LogP contribution in [-0.4, -0.2) is 46.2 Å². The van der Waals surface area contributed by atoms with E-state index in [1.165, 1.54) is 18.2 Å². The van der Waals surface area contributed by atoms with Gasteiger partial charge in [0.15, 0.2) is 0 Å². The summed E-state index contributed by atoms with van der Waals surface area (Å²) in [6.45, 7) is 5.68. The predicted molar refractivity (Wildman–Crippen MR) is 127 cm³/mol. The molecule has 0 saturated carbocycles. The molecule has 0 radical (unpaired) electrons. The number of alkyl carbamates (subject to hydrolysis) is 1. The highest BCUT2D eigenvalue weighted by molar-refractivity contribution is 7.89. The number of benzene rings is 2. The Morgan fingerprint density at radius 3 is 2.48 bits per heavy atom. The number of primary sulfonamides is 1. The van der Waals surface area contributed by atoms with E-state index in [1.807, 2.05) is 26.0 Å². The fourth-order valence-electron chi connectivity index (χ4n) is 3.61. The van der Waals surface area contributed by atoms with Gasteiger partial charge in [0.1, 0.15) is 0 Å². The standard InChI is InChI=1S/C23H30N4O5S/c1-16(2)15-32-23(29)26-17-10-12-27(13-11-17)21-9-4-3-8-20(21)22(28)25-18-6-5-7-19(14-18)33(24,30)31/h3-9,14,16-17H,10-13,15H2,1-2H3,(H,25,28)(H,26,29)(H2,24,30,31). The lowest BCUT2D eigenvalue weighted by molar-refractivity contribution is 0.102. The second kappa shape index (κ2) is 10.7. The molecule has 2 aromatic carbocycles. The lowest BCUT2D eigenvalue weighted by Crippen LogP contribution is -2.45. The van der Waals surface area contributed by atoms with Gasteiger partial charge in [-0.15, -0.1) is 0 Å². The van der Waals surface area contributed by atoms with E-state index < -0.39 is 16.1 Å². The Labute approximate surface area is 194 Å². The Morgan fingerprint density at radius 2 is 1.82 bits per heavy atom. The number of hydrogen-bond acceptors (Lipinski definition) is 6. The molecule has 178 valence electrons. The lowest BCUT2D eigenvalue weighted by Gasteiger charge is -2.34. The van der Waals surface area contributed by atoms with Crippen LogP contribution in [0.15, 0.2) is 53.4 Å². The molecule has 3 rings (SSSR count). The third-order valence-corrected chi connectivity index (χ3v) is 6.19. The van der Waals surface area contributed by atoms with Crippen molar-refractivity contribution in [1.29, 1.82) is 0 Å². The number of amides is 2. The zero-order chi connectivity index (χ0) is 24.0. The van der Waals surface area contributed by atoms with Crippen LogP contribution in [0.1, 0.15) is 37.0 Å². The Morgan fingerprint density at radius 1 is 1.12 bits per heavy atom. The summed E-state index contributed by atoms with van der Waals surface area (Å²) in [6, 6.07) is 13.1. The molecule has 0 aliphatic carbocycles. The lowest BCUT2D eigenvalue weighted by atomic mass is 10.0. The van der Waals surface area contributed by atoms with Crippen LogP contribution in [0.25, 0.3) is 0 Å². The number of carbonyl (C=O) groups excluding carboxylic acids is 2. The van der Waals surface area contributed by atoms with Gasteiger partial charge in [-0.1, -0.05) is 32.0 Å². The van der Waals surface area contributed by atoms with Gasteiger partial charge in [-0.25, -0.2) is 18.4 Å². The Hall–Kier alpha value is -3.11. The molecule has 2 amide bonds. The first kappa shape index (κ1) is 24.5. The highest BCUT2D eigenvalue weighted by Crippen LogP contribution is 2.26. The fourth-order valence-corrected chi connectivity index (χ4v) is 4.17. The summed E-state index contributed by atoms with van der Waals surface area (Å²) in [4.78, 5) is 26.9. The van der Waals surface area contributed by atoms with Gasteiger partial charge in [-0.05, 0) is 49.1 Å². The summed E-state index contributed by atoms with van der Waals surface area (Å²) >= 11 is 0. The van der Waals surface area contributed by atoms with E-state index in [-0.39, 0.29) is 22.8 Å². The average Bonchev–Trinajstić information content (AvgIpc) is 2.78. The monoisotopic (exact) mass is 474 g/mol. The van der Waals surface area contributed by atoms with E-state index in [0.29, 0.717) is 30.9 Å². The Bertz CT molecular complexity index is 1100. The normalized spacial score (nSPS) is 14.7. The first-order valence-electron chi connectivity index (χ1n) is 10.8. The molecular weight excluding hydrogens is 444 g/mol. The molecule has 1 fully saturated rings. The number of hydrogen-bond donors (Lipinski definition) is 3. The molecule has 9 nitrogen and oxygen atoms in total. The quantitative estimate of drug-likeness (QED) is 0.566. The van der Waals surface area contributed by atoms with E-state index in [1.54, 1.807) is 18.2 Å². The third-order valence-electron chi connectivity index (χ3n) is 5.27. The summed E-state index contributed by atoms with van der Waals surface area (Å²) in [5.74, 6) is -0.0721. The summed E-state index contributed by atoms with van der Waals surface area (Å²) in [5.41, 5.74) is 1.59. The molecule has 1 aliphatic heterocycles. The third kappa shape index (κ3) is 6.93. The van der Waals surface area contributed by atoms with E-state index in [0.717, 1.165) is 18.5 Å². The van der Waals surface area contributed by atoms with Crippen LogP contribution in [-0.2, 0) is 14.8 Å². The maximum atomic E-state index is 13.0. The van der Waals surface area contributed by atoms with Crippen LogP contribution in [0, 0.1) is 5.92 Å². The second-order valence-electron chi connectivity index (χ2n) is 8.44. The van der Waals surface area contributed by atoms with Crippen molar-refractivity contribution in [3.05, 3.63) is 54.1 Å².